The molecule has 2 aromatic carbocycles. The summed E-state index contributed by atoms with van der Waals surface area (Å²) in [6.45, 7) is 1.33. The summed E-state index contributed by atoms with van der Waals surface area (Å²) in [5.74, 6) is -1.35. The van der Waals surface area contributed by atoms with Gasteiger partial charge in [-0.25, -0.2) is 12.8 Å². The fourth-order valence-electron chi connectivity index (χ4n) is 2.22. The number of hydrogen-bond donors (Lipinski definition) is 0. The Bertz CT molecular complexity index is 837. The Kier molecular flexibility index (Phi) is 5.69. The molecule has 0 atom stereocenters. The number of sulfonamides is 1. The number of ether oxygens (including phenoxy) is 1. The molecule has 2 rings (SSSR count). The van der Waals surface area contributed by atoms with Gasteiger partial charge in [-0.05, 0) is 29.8 Å². The van der Waals surface area contributed by atoms with Crippen molar-refractivity contribution in [3.8, 4) is 5.75 Å². The Balaban J connectivity index is 2.39. The molecule has 0 unspecified atom stereocenters. The second-order valence-electron chi connectivity index (χ2n) is 5.06. The largest absolute Gasteiger partial charge is 0.573 e. The molecule has 0 saturated heterocycles. The fourth-order valence-corrected chi connectivity index (χ4v) is 3.77. The van der Waals surface area contributed by atoms with Gasteiger partial charge in [-0.3, -0.25) is 0 Å². The van der Waals surface area contributed by atoms with Crippen LogP contribution < -0.4 is 4.74 Å². The molecular weight excluding hydrogens is 362 g/mol. The van der Waals surface area contributed by atoms with E-state index in [1.165, 1.54) is 37.3 Å². The molecule has 136 valence electrons. The molecular formula is C16H15F4NO3S. The van der Waals surface area contributed by atoms with Crippen LogP contribution >= 0.6 is 0 Å². The summed E-state index contributed by atoms with van der Waals surface area (Å²) in [7, 11) is -4.28. The van der Waals surface area contributed by atoms with E-state index in [1.807, 2.05) is 0 Å². The Morgan fingerprint density at radius 3 is 2.36 bits per heavy atom. The van der Waals surface area contributed by atoms with Crippen LogP contribution in [0.4, 0.5) is 17.6 Å². The van der Waals surface area contributed by atoms with E-state index in [0.29, 0.717) is 5.56 Å². The van der Waals surface area contributed by atoms with E-state index in [9.17, 15) is 26.0 Å². The number of halogens is 4. The standard InChI is InChI=1S/C16H15F4NO3S/c1-2-21(11-12-6-5-7-13(17)10-12)25(22,23)15-9-4-3-8-14(15)24-16(18,19)20/h3-10H,2,11H2,1H3. The lowest BCUT2D eigenvalue weighted by Gasteiger charge is -2.22. The molecule has 0 radical (unpaired) electrons. The van der Waals surface area contributed by atoms with E-state index < -0.39 is 32.8 Å². The molecule has 0 amide bonds. The zero-order valence-electron chi connectivity index (χ0n) is 13.1. The maximum atomic E-state index is 13.3. The van der Waals surface area contributed by atoms with Crippen LogP contribution in [-0.2, 0) is 16.6 Å². The Morgan fingerprint density at radius 2 is 1.76 bits per heavy atom. The zero-order chi connectivity index (χ0) is 18.7. The first kappa shape index (κ1) is 19.2. The van der Waals surface area contributed by atoms with Gasteiger partial charge < -0.3 is 4.74 Å². The minimum absolute atomic E-state index is 0.0147. The summed E-state index contributed by atoms with van der Waals surface area (Å²) in [4.78, 5) is -0.606. The number of hydrogen-bond acceptors (Lipinski definition) is 3. The number of nitrogens with zero attached hydrogens (tertiary/aromatic N) is 1. The molecule has 0 saturated carbocycles. The van der Waals surface area contributed by atoms with Crippen LogP contribution in [-0.4, -0.2) is 25.6 Å². The minimum atomic E-state index is -5.02. The van der Waals surface area contributed by atoms with E-state index in [1.54, 1.807) is 0 Å². The second-order valence-corrected chi connectivity index (χ2v) is 6.96. The van der Waals surface area contributed by atoms with Crippen LogP contribution in [0.5, 0.6) is 5.75 Å². The summed E-state index contributed by atoms with van der Waals surface area (Å²) in [5, 5.41) is 0. The number of benzene rings is 2. The lowest BCUT2D eigenvalue weighted by Crippen LogP contribution is -2.31. The Hall–Kier alpha value is -2.13. The summed E-state index contributed by atoms with van der Waals surface area (Å²) < 4.78 is 81.1. The molecule has 0 spiro atoms. The molecule has 0 heterocycles. The lowest BCUT2D eigenvalue weighted by molar-refractivity contribution is -0.275. The molecule has 9 heteroatoms. The van der Waals surface area contributed by atoms with Gasteiger partial charge in [-0.1, -0.05) is 31.2 Å². The second kappa shape index (κ2) is 7.40. The first-order valence-electron chi connectivity index (χ1n) is 7.23. The maximum absolute atomic E-state index is 13.3. The van der Waals surface area contributed by atoms with Crippen LogP contribution in [0, 0.1) is 5.82 Å². The third kappa shape index (κ3) is 4.93. The third-order valence-electron chi connectivity index (χ3n) is 3.29. The van der Waals surface area contributed by atoms with Gasteiger partial charge in [0.25, 0.3) is 0 Å². The summed E-state index contributed by atoms with van der Waals surface area (Å²) in [6.07, 6.45) is -5.02. The molecule has 4 nitrogen and oxygen atoms in total. The van der Waals surface area contributed by atoms with Crippen LogP contribution in [0.3, 0.4) is 0 Å². The number of rotatable bonds is 6. The van der Waals surface area contributed by atoms with Gasteiger partial charge in [0, 0.05) is 13.1 Å². The Labute approximate surface area is 142 Å². The average molecular weight is 377 g/mol. The molecule has 2 aromatic rings. The van der Waals surface area contributed by atoms with Crippen molar-refractivity contribution in [2.45, 2.75) is 24.7 Å². The van der Waals surface area contributed by atoms with Crippen molar-refractivity contribution >= 4 is 10.0 Å². The summed E-state index contributed by atoms with van der Waals surface area (Å²) in [5.41, 5.74) is 0.375. The monoisotopic (exact) mass is 377 g/mol. The van der Waals surface area contributed by atoms with Gasteiger partial charge in [0.05, 0.1) is 0 Å². The third-order valence-corrected chi connectivity index (χ3v) is 5.25. The Morgan fingerprint density at radius 1 is 1.08 bits per heavy atom. The quantitative estimate of drug-likeness (QED) is 0.717. The van der Waals surface area contributed by atoms with Crippen molar-refractivity contribution in [2.75, 3.05) is 6.54 Å². The van der Waals surface area contributed by atoms with Gasteiger partial charge >= 0.3 is 6.36 Å². The van der Waals surface area contributed by atoms with Crippen LogP contribution in [0.2, 0.25) is 0 Å². The van der Waals surface area contributed by atoms with Gasteiger partial charge in [-0.2, -0.15) is 4.31 Å². The highest BCUT2D eigenvalue weighted by molar-refractivity contribution is 7.89. The highest BCUT2D eigenvalue weighted by Gasteiger charge is 2.35. The van der Waals surface area contributed by atoms with E-state index in [-0.39, 0.29) is 13.1 Å². The van der Waals surface area contributed by atoms with E-state index in [0.717, 1.165) is 22.5 Å². The first-order valence-corrected chi connectivity index (χ1v) is 8.67. The van der Waals surface area contributed by atoms with Crippen molar-refractivity contribution < 1.29 is 30.7 Å². The molecule has 0 N–H and O–H groups in total. The molecule has 25 heavy (non-hydrogen) atoms. The summed E-state index contributed by atoms with van der Waals surface area (Å²) in [6, 6.07) is 9.82. The van der Waals surface area contributed by atoms with Gasteiger partial charge in [0.1, 0.15) is 16.5 Å². The van der Waals surface area contributed by atoms with Gasteiger partial charge in [0.2, 0.25) is 10.0 Å². The van der Waals surface area contributed by atoms with Crippen LogP contribution in [0.1, 0.15) is 12.5 Å². The SMILES string of the molecule is CCN(Cc1cccc(F)c1)S(=O)(=O)c1ccccc1OC(F)(F)F. The van der Waals surface area contributed by atoms with Crippen molar-refractivity contribution in [1.29, 1.82) is 0 Å². The maximum Gasteiger partial charge on any atom is 0.573 e. The van der Waals surface area contributed by atoms with Gasteiger partial charge in [0.15, 0.2) is 0 Å². The highest BCUT2D eigenvalue weighted by atomic mass is 32.2. The van der Waals surface area contributed by atoms with Crippen molar-refractivity contribution in [2.24, 2.45) is 0 Å². The van der Waals surface area contributed by atoms with Gasteiger partial charge in [-0.15, -0.1) is 13.2 Å². The van der Waals surface area contributed by atoms with Crippen molar-refractivity contribution in [1.82, 2.24) is 4.31 Å². The smallest absolute Gasteiger partial charge is 0.404 e. The summed E-state index contributed by atoms with van der Waals surface area (Å²) >= 11 is 0. The molecule has 0 fully saturated rings. The van der Waals surface area contributed by atoms with Crippen LogP contribution in [0.25, 0.3) is 0 Å². The number of para-hydroxylation sites is 1. The molecule has 0 aliphatic carbocycles. The molecule has 0 aromatic heterocycles. The molecule has 0 aliphatic rings. The fraction of sp³-hybridized carbons (Fsp3) is 0.250. The van der Waals surface area contributed by atoms with E-state index in [4.69, 9.17) is 0 Å². The minimum Gasteiger partial charge on any atom is -0.404 e. The van der Waals surface area contributed by atoms with Crippen molar-refractivity contribution in [3.05, 3.63) is 59.9 Å². The topological polar surface area (TPSA) is 46.6 Å². The highest BCUT2D eigenvalue weighted by Crippen LogP contribution is 2.31. The zero-order valence-corrected chi connectivity index (χ0v) is 13.9. The molecule has 0 bridgehead atoms. The number of alkyl halides is 3. The molecule has 0 aliphatic heterocycles. The first-order chi connectivity index (χ1) is 11.6. The van der Waals surface area contributed by atoms with E-state index in [2.05, 4.69) is 4.74 Å². The average Bonchev–Trinajstić information content (AvgIpc) is 2.51. The van der Waals surface area contributed by atoms with Crippen molar-refractivity contribution in [3.63, 3.8) is 0 Å². The lowest BCUT2D eigenvalue weighted by atomic mass is 10.2. The normalized spacial score (nSPS) is 12.4. The predicted octanol–water partition coefficient (Wildman–Crippen LogP) is 3.94. The van der Waals surface area contributed by atoms with Crippen LogP contribution in [0.15, 0.2) is 53.4 Å². The van der Waals surface area contributed by atoms with E-state index >= 15 is 0 Å². The predicted molar refractivity (Wildman–Crippen MR) is 82.8 cm³/mol.